The van der Waals surface area contributed by atoms with Crippen LogP contribution in [0.4, 0.5) is 0 Å². The van der Waals surface area contributed by atoms with Crippen LogP contribution >= 0.6 is 11.6 Å². The quantitative estimate of drug-likeness (QED) is 0.319. The highest BCUT2D eigenvalue weighted by atomic mass is 35.5. The zero-order chi connectivity index (χ0) is 23.0. The second kappa shape index (κ2) is 15.4. The summed E-state index contributed by atoms with van der Waals surface area (Å²) in [6, 6.07) is 15.3. The van der Waals surface area contributed by atoms with Gasteiger partial charge in [-0.25, -0.2) is 0 Å². The van der Waals surface area contributed by atoms with Gasteiger partial charge in [0.2, 0.25) is 0 Å². The van der Waals surface area contributed by atoms with Crippen LogP contribution in [0.3, 0.4) is 0 Å². The van der Waals surface area contributed by atoms with Crippen molar-refractivity contribution in [1.29, 1.82) is 0 Å². The largest absolute Gasteiger partial charge is 0.569 e. The first-order valence-corrected chi connectivity index (χ1v) is 11.5. The summed E-state index contributed by atoms with van der Waals surface area (Å²) in [7, 11) is 3.94. The van der Waals surface area contributed by atoms with E-state index in [-0.39, 0.29) is 0 Å². The smallest absolute Gasteiger partial charge is 0.537 e. The molecule has 0 amide bonds. The third-order valence-electron chi connectivity index (χ3n) is 5.24. The molecule has 2 aromatic rings. The molecule has 2 aliphatic rings. The Morgan fingerprint density at radius 2 is 1.31 bits per heavy atom. The van der Waals surface area contributed by atoms with E-state index in [2.05, 4.69) is 41.1 Å². The number of benzene rings is 2. The summed E-state index contributed by atoms with van der Waals surface area (Å²) in [6.45, 7) is 0. The second-order valence-electron chi connectivity index (χ2n) is 7.51. The van der Waals surface area contributed by atoms with Crippen LogP contribution in [0.5, 0.6) is 17.2 Å². The molecule has 0 aliphatic heterocycles. The summed E-state index contributed by atoms with van der Waals surface area (Å²) in [6.07, 6.45) is 16.3. The predicted molar refractivity (Wildman–Crippen MR) is 133 cm³/mol. The number of methoxy groups -OCH3 is 2. The fourth-order valence-electron chi connectivity index (χ4n) is 3.43. The SMILES string of the molecule is COc1ccc(O[B]O)cc1.COc1ccc([C@@H]2C=CCCC2)cc1.ClC1C=CCCC1. The Labute approximate surface area is 198 Å². The molecule has 2 aromatic carbocycles. The molecule has 1 unspecified atom stereocenters. The van der Waals surface area contributed by atoms with Crippen LogP contribution in [0.2, 0.25) is 0 Å². The molecule has 4 rings (SSSR count). The Morgan fingerprint density at radius 1 is 0.781 bits per heavy atom. The average molecular weight is 456 g/mol. The lowest BCUT2D eigenvalue weighted by Gasteiger charge is -2.16. The summed E-state index contributed by atoms with van der Waals surface area (Å²) in [4.78, 5) is 0. The van der Waals surface area contributed by atoms with Crippen LogP contribution in [0.1, 0.15) is 50.0 Å². The predicted octanol–water partition coefficient (Wildman–Crippen LogP) is 6.45. The number of allylic oxidation sites excluding steroid dienone is 4. The van der Waals surface area contributed by atoms with Crippen LogP contribution < -0.4 is 14.1 Å². The van der Waals surface area contributed by atoms with Gasteiger partial charge in [-0.05, 0) is 80.5 Å². The first-order chi connectivity index (χ1) is 15.7. The fourth-order valence-corrected chi connectivity index (χ4v) is 3.68. The molecule has 6 heteroatoms. The average Bonchev–Trinajstić information content (AvgIpc) is 2.87. The van der Waals surface area contributed by atoms with E-state index in [0.717, 1.165) is 17.9 Å². The van der Waals surface area contributed by atoms with Gasteiger partial charge in [-0.2, -0.15) is 0 Å². The van der Waals surface area contributed by atoms with E-state index in [4.69, 9.17) is 26.1 Å². The van der Waals surface area contributed by atoms with Crippen molar-refractivity contribution >= 4 is 19.3 Å². The third-order valence-corrected chi connectivity index (χ3v) is 5.61. The van der Waals surface area contributed by atoms with Crippen LogP contribution in [0.25, 0.3) is 0 Å². The van der Waals surface area contributed by atoms with Gasteiger partial charge in [0.15, 0.2) is 0 Å². The Balaban J connectivity index is 0.000000180. The molecule has 1 N–H and O–H groups in total. The van der Waals surface area contributed by atoms with Crippen LogP contribution in [-0.4, -0.2) is 32.3 Å². The summed E-state index contributed by atoms with van der Waals surface area (Å²) >= 11 is 5.73. The molecule has 171 valence electrons. The molecule has 0 heterocycles. The highest BCUT2D eigenvalue weighted by Gasteiger charge is 2.10. The maximum atomic E-state index is 8.27. The highest BCUT2D eigenvalue weighted by molar-refractivity contribution is 6.21. The van der Waals surface area contributed by atoms with E-state index in [1.807, 2.05) is 12.1 Å². The van der Waals surface area contributed by atoms with Gasteiger partial charge in [0, 0.05) is 5.92 Å². The molecule has 2 aliphatic carbocycles. The van der Waals surface area contributed by atoms with Crippen LogP contribution in [0.15, 0.2) is 72.8 Å². The number of hydrogen-bond acceptors (Lipinski definition) is 4. The highest BCUT2D eigenvalue weighted by Crippen LogP contribution is 2.28. The normalized spacial score (nSPS) is 18.9. The van der Waals surface area contributed by atoms with Gasteiger partial charge >= 0.3 is 7.69 Å². The number of halogens is 1. The van der Waals surface area contributed by atoms with E-state index in [9.17, 15) is 0 Å². The lowest BCUT2D eigenvalue weighted by atomic mass is 9.89. The van der Waals surface area contributed by atoms with E-state index in [1.54, 1.807) is 38.5 Å². The third kappa shape index (κ3) is 9.84. The number of alkyl halides is 1. The lowest BCUT2D eigenvalue weighted by molar-refractivity contribution is 0.412. The molecule has 0 saturated carbocycles. The molecule has 0 aromatic heterocycles. The molecule has 0 fully saturated rings. The summed E-state index contributed by atoms with van der Waals surface area (Å²) < 4.78 is 14.7. The molecule has 0 spiro atoms. The molecule has 4 nitrogen and oxygen atoms in total. The van der Waals surface area contributed by atoms with Crippen LogP contribution in [-0.2, 0) is 0 Å². The Bertz CT molecular complexity index is 806. The van der Waals surface area contributed by atoms with Gasteiger partial charge in [0.05, 0.1) is 19.6 Å². The maximum absolute atomic E-state index is 8.27. The second-order valence-corrected chi connectivity index (χ2v) is 8.07. The number of rotatable bonds is 5. The van der Waals surface area contributed by atoms with E-state index in [1.165, 1.54) is 37.7 Å². The van der Waals surface area contributed by atoms with Crippen molar-refractivity contribution in [2.24, 2.45) is 0 Å². The number of ether oxygens (including phenoxy) is 2. The zero-order valence-electron chi connectivity index (χ0n) is 19.0. The van der Waals surface area contributed by atoms with Gasteiger partial charge in [0.1, 0.15) is 17.2 Å². The molecule has 0 bridgehead atoms. The standard InChI is InChI=1S/C13H16O.C7H8BO3.C6H9Cl/c1-14-13-9-7-12(8-10-13)11-5-3-2-4-6-11;1-10-6-2-4-7(5-3-6)11-8-9;7-6-4-2-1-3-5-6/h3,5,7-11H,2,4,6H2,1H3;2-5,9H,1H3;2,4,6H,1,3,5H2/t11-;;/m1../s1. The van der Waals surface area contributed by atoms with Crippen molar-refractivity contribution in [3.05, 3.63) is 78.4 Å². The summed E-state index contributed by atoms with van der Waals surface area (Å²) in [5.41, 5.74) is 1.40. The molecule has 1 radical (unpaired) electrons. The van der Waals surface area contributed by atoms with E-state index >= 15 is 0 Å². The Hall–Kier alpha value is -2.37. The maximum Gasteiger partial charge on any atom is 0.569 e. The van der Waals surface area contributed by atoms with Gasteiger partial charge < -0.3 is 19.2 Å². The number of hydrogen-bond donors (Lipinski definition) is 1. The van der Waals surface area contributed by atoms with Gasteiger partial charge in [0.25, 0.3) is 0 Å². The van der Waals surface area contributed by atoms with Crippen molar-refractivity contribution in [3.8, 4) is 17.2 Å². The molecule has 0 saturated heterocycles. The van der Waals surface area contributed by atoms with Crippen molar-refractivity contribution in [2.45, 2.75) is 49.8 Å². The van der Waals surface area contributed by atoms with E-state index in [0.29, 0.717) is 24.7 Å². The molecule has 32 heavy (non-hydrogen) atoms. The monoisotopic (exact) mass is 455 g/mol. The minimum absolute atomic E-state index is 0.328. The lowest BCUT2D eigenvalue weighted by Crippen LogP contribution is -1.99. The zero-order valence-corrected chi connectivity index (χ0v) is 19.7. The molecular weight excluding hydrogens is 423 g/mol. The summed E-state index contributed by atoms with van der Waals surface area (Å²) in [5.74, 6) is 2.90. The Kier molecular flexibility index (Phi) is 12.5. The topological polar surface area (TPSA) is 47.9 Å². The van der Waals surface area contributed by atoms with Crippen molar-refractivity contribution in [3.63, 3.8) is 0 Å². The van der Waals surface area contributed by atoms with Crippen molar-refractivity contribution in [2.75, 3.05) is 14.2 Å². The van der Waals surface area contributed by atoms with Gasteiger partial charge in [-0.1, -0.05) is 36.4 Å². The Morgan fingerprint density at radius 3 is 1.72 bits per heavy atom. The summed E-state index contributed by atoms with van der Waals surface area (Å²) in [5, 5.41) is 8.60. The van der Waals surface area contributed by atoms with Gasteiger partial charge in [-0.15, -0.1) is 11.6 Å². The molecule has 2 atom stereocenters. The fraction of sp³-hybridized carbons (Fsp3) is 0.385. The van der Waals surface area contributed by atoms with Crippen molar-refractivity contribution < 1.29 is 19.2 Å². The minimum atomic E-state index is 0.328. The van der Waals surface area contributed by atoms with E-state index < -0.39 is 0 Å². The minimum Gasteiger partial charge on any atom is -0.537 e. The molecular formula is C26H33BClO4. The van der Waals surface area contributed by atoms with Crippen LogP contribution in [0, 0.1) is 0 Å². The van der Waals surface area contributed by atoms with Gasteiger partial charge in [-0.3, -0.25) is 0 Å². The first-order valence-electron chi connectivity index (χ1n) is 11.0. The van der Waals surface area contributed by atoms with Crippen molar-refractivity contribution in [1.82, 2.24) is 0 Å². The first kappa shape index (κ1) is 25.9.